The van der Waals surface area contributed by atoms with Crippen molar-refractivity contribution in [2.24, 2.45) is 5.41 Å². The van der Waals surface area contributed by atoms with Crippen LogP contribution in [0.3, 0.4) is 0 Å². The van der Waals surface area contributed by atoms with Crippen LogP contribution in [0, 0.1) is 5.41 Å². The van der Waals surface area contributed by atoms with Crippen molar-refractivity contribution in [1.29, 1.82) is 0 Å². The lowest BCUT2D eigenvalue weighted by molar-refractivity contribution is 0.450. The van der Waals surface area contributed by atoms with E-state index in [2.05, 4.69) is 31.3 Å². The van der Waals surface area contributed by atoms with E-state index in [9.17, 15) is 0 Å². The fourth-order valence-corrected chi connectivity index (χ4v) is 1.04. The Bertz CT molecular complexity index is 244. The number of anilines is 1. The van der Waals surface area contributed by atoms with Crippen LogP contribution in [0.25, 0.3) is 0 Å². The van der Waals surface area contributed by atoms with E-state index in [0.717, 1.165) is 12.2 Å². The fraction of sp³-hybridized carbons (Fsp3) is 0.455. The molecule has 1 aromatic carbocycles. The van der Waals surface area contributed by atoms with Crippen LogP contribution in [0.2, 0.25) is 0 Å². The highest BCUT2D eigenvalue weighted by Crippen LogP contribution is 2.18. The molecule has 0 aromatic heterocycles. The van der Waals surface area contributed by atoms with Crippen LogP contribution in [0.5, 0.6) is 0 Å². The molecule has 0 spiro atoms. The number of benzene rings is 1. The zero-order valence-electron chi connectivity index (χ0n) is 8.18. The van der Waals surface area contributed by atoms with Gasteiger partial charge in [0.1, 0.15) is 0 Å². The molecule has 0 saturated carbocycles. The second kappa shape index (κ2) is 4.52. The van der Waals surface area contributed by atoms with E-state index >= 15 is 0 Å². The van der Waals surface area contributed by atoms with Gasteiger partial charge in [-0.1, -0.05) is 32.0 Å². The number of hydrogen-bond acceptors (Lipinski definition) is 1. The van der Waals surface area contributed by atoms with E-state index in [1.54, 1.807) is 0 Å². The Morgan fingerprint density at radius 3 is 2.38 bits per heavy atom. The molecule has 2 heteroatoms. The van der Waals surface area contributed by atoms with Gasteiger partial charge in [-0.3, -0.25) is 0 Å². The Balaban J connectivity index is 2.44. The van der Waals surface area contributed by atoms with Crippen molar-refractivity contribution in [3.63, 3.8) is 0 Å². The summed E-state index contributed by atoms with van der Waals surface area (Å²) in [5.74, 6) is 0.673. The third kappa shape index (κ3) is 3.69. The van der Waals surface area contributed by atoms with Gasteiger partial charge in [0.25, 0.3) is 0 Å². The van der Waals surface area contributed by atoms with Crippen molar-refractivity contribution in [2.45, 2.75) is 13.8 Å². The van der Waals surface area contributed by atoms with E-state index < -0.39 is 0 Å². The van der Waals surface area contributed by atoms with E-state index in [1.165, 1.54) is 0 Å². The minimum absolute atomic E-state index is 0.150. The van der Waals surface area contributed by atoms with Crippen molar-refractivity contribution in [1.82, 2.24) is 0 Å². The van der Waals surface area contributed by atoms with Crippen LogP contribution in [0.15, 0.2) is 30.3 Å². The lowest BCUT2D eigenvalue weighted by Gasteiger charge is -2.22. The van der Waals surface area contributed by atoms with Gasteiger partial charge in [0.05, 0.1) is 0 Å². The van der Waals surface area contributed by atoms with Crippen molar-refractivity contribution >= 4 is 17.3 Å². The van der Waals surface area contributed by atoms with Gasteiger partial charge in [-0.2, -0.15) is 0 Å². The first-order valence-electron chi connectivity index (χ1n) is 4.49. The summed E-state index contributed by atoms with van der Waals surface area (Å²) in [7, 11) is 0. The van der Waals surface area contributed by atoms with E-state index in [4.69, 9.17) is 11.6 Å². The molecule has 0 saturated heterocycles. The first-order chi connectivity index (χ1) is 6.14. The average Bonchev–Trinajstić information content (AvgIpc) is 2.17. The average molecular weight is 198 g/mol. The molecule has 0 aliphatic heterocycles. The maximum Gasteiger partial charge on any atom is 0.0340 e. The molecule has 13 heavy (non-hydrogen) atoms. The van der Waals surface area contributed by atoms with Crippen molar-refractivity contribution < 1.29 is 0 Å². The van der Waals surface area contributed by atoms with E-state index in [1.807, 2.05) is 18.2 Å². The molecular weight excluding hydrogens is 182 g/mol. The highest BCUT2D eigenvalue weighted by Gasteiger charge is 2.15. The summed E-state index contributed by atoms with van der Waals surface area (Å²) in [5, 5.41) is 3.35. The number of rotatable bonds is 4. The summed E-state index contributed by atoms with van der Waals surface area (Å²) in [6, 6.07) is 10.2. The molecular formula is C11H16ClN. The molecule has 0 aliphatic rings. The molecule has 0 aliphatic carbocycles. The molecule has 0 amide bonds. The van der Waals surface area contributed by atoms with Crippen molar-refractivity contribution in [2.75, 3.05) is 17.7 Å². The minimum atomic E-state index is 0.150. The number of para-hydroxylation sites is 1. The number of nitrogens with one attached hydrogen (secondary N) is 1. The molecule has 0 radical (unpaired) electrons. The summed E-state index contributed by atoms with van der Waals surface area (Å²) >= 11 is 5.82. The Morgan fingerprint density at radius 2 is 1.85 bits per heavy atom. The highest BCUT2D eigenvalue weighted by molar-refractivity contribution is 6.18. The SMILES string of the molecule is CC(C)(CCl)CNc1ccccc1. The highest BCUT2D eigenvalue weighted by atomic mass is 35.5. The quantitative estimate of drug-likeness (QED) is 0.730. The summed E-state index contributed by atoms with van der Waals surface area (Å²) in [6.07, 6.45) is 0. The van der Waals surface area contributed by atoms with Gasteiger partial charge in [0.2, 0.25) is 0 Å². The summed E-state index contributed by atoms with van der Waals surface area (Å²) in [6.45, 7) is 5.20. The van der Waals surface area contributed by atoms with Gasteiger partial charge in [-0.25, -0.2) is 0 Å². The molecule has 1 nitrogen and oxygen atoms in total. The number of alkyl halides is 1. The van der Waals surface area contributed by atoms with Crippen LogP contribution in [-0.2, 0) is 0 Å². The molecule has 1 rings (SSSR count). The fourth-order valence-electron chi connectivity index (χ4n) is 0.945. The molecule has 72 valence electrons. The predicted molar refractivity (Wildman–Crippen MR) is 59.4 cm³/mol. The molecule has 1 aromatic rings. The first kappa shape index (κ1) is 10.4. The third-order valence-corrected chi connectivity index (χ3v) is 2.63. The van der Waals surface area contributed by atoms with Crippen LogP contribution in [0.1, 0.15) is 13.8 Å². The summed E-state index contributed by atoms with van der Waals surface area (Å²) in [4.78, 5) is 0. The Morgan fingerprint density at radius 1 is 1.23 bits per heavy atom. The Hall–Kier alpha value is -0.690. The molecule has 0 heterocycles. The van der Waals surface area contributed by atoms with Crippen LogP contribution < -0.4 is 5.32 Å². The molecule has 0 fully saturated rings. The molecule has 0 unspecified atom stereocenters. The lowest BCUT2D eigenvalue weighted by atomic mass is 9.96. The third-order valence-electron chi connectivity index (χ3n) is 1.91. The summed E-state index contributed by atoms with van der Waals surface area (Å²) in [5.41, 5.74) is 1.30. The Labute approximate surface area is 85.1 Å². The standard InChI is InChI=1S/C11H16ClN/c1-11(2,8-12)9-13-10-6-4-3-5-7-10/h3-7,13H,8-9H2,1-2H3. The van der Waals surface area contributed by atoms with Gasteiger partial charge in [0.15, 0.2) is 0 Å². The maximum absolute atomic E-state index is 5.82. The normalized spacial score (nSPS) is 11.3. The number of halogens is 1. The minimum Gasteiger partial charge on any atom is -0.384 e. The van der Waals surface area contributed by atoms with Crippen molar-refractivity contribution in [3.05, 3.63) is 30.3 Å². The smallest absolute Gasteiger partial charge is 0.0340 e. The van der Waals surface area contributed by atoms with Gasteiger partial charge in [-0.15, -0.1) is 11.6 Å². The lowest BCUT2D eigenvalue weighted by Crippen LogP contribution is -2.24. The summed E-state index contributed by atoms with van der Waals surface area (Å²) < 4.78 is 0. The van der Waals surface area contributed by atoms with Gasteiger partial charge in [-0.05, 0) is 17.5 Å². The molecule has 0 atom stereocenters. The van der Waals surface area contributed by atoms with Gasteiger partial charge in [0, 0.05) is 18.1 Å². The Kier molecular flexibility index (Phi) is 3.61. The molecule has 0 bridgehead atoms. The number of hydrogen-bond donors (Lipinski definition) is 1. The van der Waals surface area contributed by atoms with Gasteiger partial charge < -0.3 is 5.32 Å². The van der Waals surface area contributed by atoms with Crippen molar-refractivity contribution in [3.8, 4) is 0 Å². The second-order valence-corrected chi connectivity index (χ2v) is 4.28. The topological polar surface area (TPSA) is 12.0 Å². The van der Waals surface area contributed by atoms with Crippen LogP contribution >= 0.6 is 11.6 Å². The largest absolute Gasteiger partial charge is 0.384 e. The zero-order valence-corrected chi connectivity index (χ0v) is 8.93. The van der Waals surface area contributed by atoms with Gasteiger partial charge >= 0.3 is 0 Å². The predicted octanol–water partition coefficient (Wildman–Crippen LogP) is 3.36. The molecule has 1 N–H and O–H groups in total. The maximum atomic E-state index is 5.82. The monoisotopic (exact) mass is 197 g/mol. The zero-order chi connectivity index (χ0) is 9.73. The van der Waals surface area contributed by atoms with E-state index in [-0.39, 0.29) is 5.41 Å². The van der Waals surface area contributed by atoms with Crippen LogP contribution in [-0.4, -0.2) is 12.4 Å². The van der Waals surface area contributed by atoms with Crippen LogP contribution in [0.4, 0.5) is 5.69 Å². The van der Waals surface area contributed by atoms with E-state index in [0.29, 0.717) is 5.88 Å². The first-order valence-corrected chi connectivity index (χ1v) is 5.02. The second-order valence-electron chi connectivity index (χ2n) is 4.02.